The summed E-state index contributed by atoms with van der Waals surface area (Å²) in [5.41, 5.74) is 1.32. The highest BCUT2D eigenvalue weighted by atomic mass is 16.1. The lowest BCUT2D eigenvalue weighted by molar-refractivity contribution is -0.114. The number of ketones is 1. The lowest BCUT2D eigenvalue weighted by Crippen LogP contribution is -2.33. The van der Waals surface area contributed by atoms with Crippen molar-refractivity contribution in [1.29, 1.82) is 0 Å². The maximum Gasteiger partial charge on any atom is 0.185 e. The van der Waals surface area contributed by atoms with Crippen LogP contribution in [-0.4, -0.2) is 21.8 Å². The molecule has 1 aromatic rings. The third kappa shape index (κ3) is 3.62. The standard InChI is InChI=1S/C18H25N3O/c1-17(2,3)13-9-12(21-15-11-19-7-8-20-15)10-14(16(13)22)18(4,5)6/h7-12H,1-6H3,(H,20,21). The monoisotopic (exact) mass is 299 g/mol. The molecular formula is C18H25N3O. The molecule has 118 valence electrons. The normalized spacial score (nSPS) is 17.1. The predicted molar refractivity (Wildman–Crippen MR) is 89.5 cm³/mol. The van der Waals surface area contributed by atoms with Crippen LogP contribution in [0, 0.1) is 10.8 Å². The number of hydrogen-bond donors (Lipinski definition) is 1. The lowest BCUT2D eigenvalue weighted by atomic mass is 9.72. The Bertz CT molecular complexity index is 582. The molecule has 4 nitrogen and oxygen atoms in total. The number of anilines is 1. The van der Waals surface area contributed by atoms with Gasteiger partial charge in [0, 0.05) is 23.5 Å². The van der Waals surface area contributed by atoms with Crippen LogP contribution in [0.3, 0.4) is 0 Å². The maximum absolute atomic E-state index is 12.8. The number of aromatic nitrogens is 2. The molecule has 22 heavy (non-hydrogen) atoms. The Hall–Kier alpha value is -1.97. The van der Waals surface area contributed by atoms with E-state index in [4.69, 9.17) is 0 Å². The second-order valence-corrected chi connectivity index (χ2v) is 7.75. The summed E-state index contributed by atoms with van der Waals surface area (Å²) in [6.07, 6.45) is 8.99. The van der Waals surface area contributed by atoms with Crippen molar-refractivity contribution >= 4 is 11.6 Å². The number of allylic oxidation sites excluding steroid dienone is 2. The number of carbonyl (C=O) groups excluding carboxylic acids is 1. The van der Waals surface area contributed by atoms with Gasteiger partial charge in [-0.15, -0.1) is 0 Å². The van der Waals surface area contributed by atoms with Crippen LogP contribution in [-0.2, 0) is 4.79 Å². The van der Waals surface area contributed by atoms with E-state index in [9.17, 15) is 4.79 Å². The summed E-state index contributed by atoms with van der Waals surface area (Å²) in [6.45, 7) is 12.4. The molecule has 0 amide bonds. The van der Waals surface area contributed by atoms with E-state index in [0.717, 1.165) is 11.1 Å². The van der Waals surface area contributed by atoms with Gasteiger partial charge in [0.25, 0.3) is 0 Å². The van der Waals surface area contributed by atoms with Crippen molar-refractivity contribution in [2.75, 3.05) is 5.32 Å². The summed E-state index contributed by atoms with van der Waals surface area (Å²) >= 11 is 0. The highest BCUT2D eigenvalue weighted by molar-refractivity contribution is 6.11. The van der Waals surface area contributed by atoms with Crippen LogP contribution in [0.2, 0.25) is 0 Å². The van der Waals surface area contributed by atoms with E-state index in [1.165, 1.54) is 0 Å². The molecule has 0 saturated heterocycles. The van der Waals surface area contributed by atoms with Gasteiger partial charge in [-0.05, 0) is 10.8 Å². The van der Waals surface area contributed by atoms with Crippen molar-refractivity contribution in [1.82, 2.24) is 9.97 Å². The van der Waals surface area contributed by atoms with E-state index in [-0.39, 0.29) is 22.7 Å². The van der Waals surface area contributed by atoms with Gasteiger partial charge in [0.1, 0.15) is 5.82 Å². The van der Waals surface area contributed by atoms with E-state index >= 15 is 0 Å². The summed E-state index contributed by atoms with van der Waals surface area (Å²) in [5, 5.41) is 3.33. The zero-order valence-corrected chi connectivity index (χ0v) is 14.3. The van der Waals surface area contributed by atoms with Crippen LogP contribution in [0.4, 0.5) is 5.82 Å². The fourth-order valence-corrected chi connectivity index (χ4v) is 2.51. The quantitative estimate of drug-likeness (QED) is 0.903. The number of hydrogen-bond acceptors (Lipinski definition) is 4. The molecule has 1 aliphatic rings. The van der Waals surface area contributed by atoms with Crippen LogP contribution in [0.15, 0.2) is 41.9 Å². The Labute approximate surface area is 132 Å². The van der Waals surface area contributed by atoms with Gasteiger partial charge in [-0.2, -0.15) is 0 Å². The zero-order chi connectivity index (χ0) is 16.5. The molecule has 1 N–H and O–H groups in total. The van der Waals surface area contributed by atoms with Gasteiger partial charge in [-0.3, -0.25) is 9.78 Å². The first-order valence-corrected chi connectivity index (χ1v) is 7.61. The molecule has 0 spiro atoms. The predicted octanol–water partition coefficient (Wildman–Crippen LogP) is 3.78. The molecule has 1 heterocycles. The molecule has 2 rings (SSSR count). The fraction of sp³-hybridized carbons (Fsp3) is 0.500. The Morgan fingerprint density at radius 3 is 1.91 bits per heavy atom. The molecular weight excluding hydrogens is 274 g/mol. The number of nitrogens with one attached hydrogen (secondary N) is 1. The lowest BCUT2D eigenvalue weighted by Gasteiger charge is -2.33. The van der Waals surface area contributed by atoms with Gasteiger partial charge in [0.2, 0.25) is 0 Å². The second-order valence-electron chi connectivity index (χ2n) is 7.75. The minimum atomic E-state index is -0.190. The zero-order valence-electron chi connectivity index (χ0n) is 14.3. The summed E-state index contributed by atoms with van der Waals surface area (Å²) in [6, 6.07) is -0.0575. The number of carbonyl (C=O) groups is 1. The molecule has 0 aromatic carbocycles. The van der Waals surface area contributed by atoms with Gasteiger partial charge in [0.05, 0.1) is 12.2 Å². The van der Waals surface area contributed by atoms with Crippen molar-refractivity contribution in [3.05, 3.63) is 41.9 Å². The Morgan fingerprint density at radius 1 is 0.955 bits per heavy atom. The summed E-state index contributed by atoms with van der Waals surface area (Å²) in [5.74, 6) is 0.855. The van der Waals surface area contributed by atoms with Crippen molar-refractivity contribution in [2.45, 2.75) is 47.6 Å². The molecule has 1 aliphatic carbocycles. The first-order valence-electron chi connectivity index (χ1n) is 7.61. The highest BCUT2D eigenvalue weighted by Gasteiger charge is 2.35. The fourth-order valence-electron chi connectivity index (χ4n) is 2.51. The smallest absolute Gasteiger partial charge is 0.185 e. The molecule has 0 bridgehead atoms. The van der Waals surface area contributed by atoms with Crippen molar-refractivity contribution in [2.24, 2.45) is 10.8 Å². The molecule has 1 aromatic heterocycles. The maximum atomic E-state index is 12.8. The van der Waals surface area contributed by atoms with E-state index < -0.39 is 0 Å². The van der Waals surface area contributed by atoms with Gasteiger partial charge in [-0.1, -0.05) is 53.7 Å². The van der Waals surface area contributed by atoms with Gasteiger partial charge < -0.3 is 5.32 Å². The Kier molecular flexibility index (Phi) is 4.23. The number of nitrogens with zero attached hydrogens (tertiary/aromatic N) is 2. The third-order valence-corrected chi connectivity index (χ3v) is 3.68. The Morgan fingerprint density at radius 2 is 1.50 bits per heavy atom. The van der Waals surface area contributed by atoms with Gasteiger partial charge in [0.15, 0.2) is 5.78 Å². The van der Waals surface area contributed by atoms with E-state index in [2.05, 4.69) is 56.8 Å². The molecule has 0 unspecified atom stereocenters. The van der Waals surface area contributed by atoms with Crippen LogP contribution >= 0.6 is 0 Å². The minimum absolute atomic E-state index is 0.0575. The molecule has 0 radical (unpaired) electrons. The average Bonchev–Trinajstić information content (AvgIpc) is 2.39. The molecule has 0 atom stereocenters. The third-order valence-electron chi connectivity index (χ3n) is 3.68. The number of rotatable bonds is 2. The van der Waals surface area contributed by atoms with Crippen LogP contribution in [0.5, 0.6) is 0 Å². The van der Waals surface area contributed by atoms with Crippen molar-refractivity contribution in [3.8, 4) is 0 Å². The largest absolute Gasteiger partial charge is 0.359 e. The Balaban J connectivity index is 2.40. The highest BCUT2D eigenvalue weighted by Crippen LogP contribution is 2.37. The van der Waals surface area contributed by atoms with Crippen molar-refractivity contribution < 1.29 is 4.79 Å². The van der Waals surface area contributed by atoms with E-state index in [0.29, 0.717) is 5.82 Å². The van der Waals surface area contributed by atoms with E-state index in [1.54, 1.807) is 18.6 Å². The first-order chi connectivity index (χ1) is 10.1. The SMILES string of the molecule is CC(C)(C)C1=CC(Nc2cnccn2)C=C(C(C)(C)C)C1=O. The first kappa shape index (κ1) is 16.4. The van der Waals surface area contributed by atoms with Gasteiger partial charge >= 0.3 is 0 Å². The number of Topliss-reactive ketones (excluding diaryl/α,β-unsaturated/α-hetero) is 1. The van der Waals surface area contributed by atoms with Crippen LogP contribution in [0.1, 0.15) is 41.5 Å². The van der Waals surface area contributed by atoms with Crippen LogP contribution in [0.25, 0.3) is 0 Å². The summed E-state index contributed by atoms with van der Waals surface area (Å²) in [4.78, 5) is 21.1. The topological polar surface area (TPSA) is 54.9 Å². The van der Waals surface area contributed by atoms with E-state index in [1.807, 2.05) is 12.2 Å². The second kappa shape index (κ2) is 5.67. The summed E-state index contributed by atoms with van der Waals surface area (Å²) in [7, 11) is 0. The molecule has 0 saturated carbocycles. The minimum Gasteiger partial charge on any atom is -0.359 e. The van der Waals surface area contributed by atoms with Gasteiger partial charge in [-0.25, -0.2) is 4.98 Å². The average molecular weight is 299 g/mol. The summed E-state index contributed by atoms with van der Waals surface area (Å²) < 4.78 is 0. The van der Waals surface area contributed by atoms with Crippen molar-refractivity contribution in [3.63, 3.8) is 0 Å². The molecule has 4 heteroatoms. The molecule has 0 fully saturated rings. The van der Waals surface area contributed by atoms with Crippen LogP contribution < -0.4 is 5.32 Å². The molecule has 0 aliphatic heterocycles.